The molecule has 1 aromatic rings. The van der Waals surface area contributed by atoms with Gasteiger partial charge >= 0.3 is 6.03 Å². The average molecular weight is 405 g/mol. The molecule has 0 bridgehead atoms. The van der Waals surface area contributed by atoms with Gasteiger partial charge in [-0.25, -0.2) is 4.79 Å². The monoisotopic (exact) mass is 404 g/mol. The predicted octanol–water partition coefficient (Wildman–Crippen LogP) is 0.737. The highest BCUT2D eigenvalue weighted by Gasteiger charge is 2.45. The molecule has 1 atom stereocenters. The Bertz CT molecular complexity index is 850. The number of imide groups is 1. The number of anilines is 1. The number of benzene rings is 1. The van der Waals surface area contributed by atoms with Crippen LogP contribution in [0.25, 0.3) is 0 Å². The molecule has 0 spiro atoms. The van der Waals surface area contributed by atoms with E-state index in [0.717, 1.165) is 43.3 Å². The minimum absolute atomic E-state index is 0.0657. The maximum absolute atomic E-state index is 12.9. The number of hydrogen-bond acceptors (Lipinski definition) is 6. The van der Waals surface area contributed by atoms with E-state index in [1.807, 2.05) is 6.07 Å². The molecule has 4 rings (SSSR count). The van der Waals surface area contributed by atoms with Gasteiger partial charge in [0.2, 0.25) is 5.91 Å². The lowest BCUT2D eigenvalue weighted by Gasteiger charge is -2.36. The number of amides is 3. The third-order valence-electron chi connectivity index (χ3n) is 5.57. The number of fused-ring (bicyclic) bond motifs is 1. The molecule has 1 aromatic carbocycles. The zero-order chi connectivity index (χ0) is 19.8. The van der Waals surface area contributed by atoms with Crippen LogP contribution in [0.4, 0.5) is 10.5 Å². The maximum Gasteiger partial charge on any atom is 0.325 e. The van der Waals surface area contributed by atoms with Crippen molar-refractivity contribution in [1.82, 2.24) is 15.1 Å². The van der Waals surface area contributed by atoms with Crippen LogP contribution in [0, 0.1) is 0 Å². The lowest BCUT2D eigenvalue weighted by atomic mass is 10.1. The Labute approximate surface area is 167 Å². The van der Waals surface area contributed by atoms with Gasteiger partial charge in [0.05, 0.1) is 0 Å². The summed E-state index contributed by atoms with van der Waals surface area (Å²) in [6, 6.07) is 3.40. The summed E-state index contributed by atoms with van der Waals surface area (Å²) in [4.78, 5) is 54.8. The summed E-state index contributed by atoms with van der Waals surface area (Å²) in [7, 11) is 0. The van der Waals surface area contributed by atoms with Crippen LogP contribution in [0.15, 0.2) is 18.2 Å². The van der Waals surface area contributed by atoms with Gasteiger partial charge in [-0.3, -0.25) is 24.6 Å². The van der Waals surface area contributed by atoms with E-state index in [0.29, 0.717) is 17.0 Å². The zero-order valence-electron chi connectivity index (χ0n) is 15.3. The summed E-state index contributed by atoms with van der Waals surface area (Å²) >= 11 is 5.80. The number of carbonyl (C=O) groups excluding carboxylic acids is 4. The summed E-state index contributed by atoms with van der Waals surface area (Å²) in [5.74, 6) is -0.561. The molecular formula is C19H21ClN4O4. The molecule has 3 aliphatic rings. The number of Topliss-reactive ketones (excluding diaryl/α,β-unsaturated/α-hetero) is 2. The van der Waals surface area contributed by atoms with Crippen LogP contribution in [0.3, 0.4) is 0 Å². The summed E-state index contributed by atoms with van der Waals surface area (Å²) in [5, 5.41) is 2.17. The number of rotatable bonds is 4. The standard InChI is InChI=1S/C19H21ClN4O4/c20-4-6-22-7-9-23(10-8-22)12-1-2-13-14(11-12)18(27)16(17(13)26)24-5-3-15(25)21-19(24)28/h1-2,11,16H,3-10H2,(H,21,25,28). The van der Waals surface area contributed by atoms with Gasteiger partial charge in [0.25, 0.3) is 0 Å². The molecule has 3 amide bonds. The van der Waals surface area contributed by atoms with E-state index in [1.54, 1.807) is 12.1 Å². The van der Waals surface area contributed by atoms with Crippen molar-refractivity contribution in [3.05, 3.63) is 29.3 Å². The van der Waals surface area contributed by atoms with Crippen molar-refractivity contribution in [3.63, 3.8) is 0 Å². The number of alkyl halides is 1. The van der Waals surface area contributed by atoms with Gasteiger partial charge in [0.15, 0.2) is 17.6 Å². The lowest BCUT2D eigenvalue weighted by Crippen LogP contribution is -2.56. The molecule has 2 aliphatic heterocycles. The molecule has 9 heteroatoms. The SMILES string of the molecule is O=C1CCN(C2C(=O)c3ccc(N4CCN(CCCl)CC4)cc3C2=O)C(=O)N1. The Balaban J connectivity index is 1.53. The van der Waals surface area contributed by atoms with Gasteiger partial charge in [-0.2, -0.15) is 0 Å². The molecule has 1 N–H and O–H groups in total. The number of nitrogens with zero attached hydrogens (tertiary/aromatic N) is 3. The first-order chi connectivity index (χ1) is 13.5. The number of nitrogens with one attached hydrogen (secondary N) is 1. The second-order valence-corrected chi connectivity index (χ2v) is 7.55. The molecule has 0 saturated carbocycles. The van der Waals surface area contributed by atoms with E-state index in [2.05, 4.69) is 15.1 Å². The molecule has 8 nitrogen and oxygen atoms in total. The average Bonchev–Trinajstić information content (AvgIpc) is 2.93. The van der Waals surface area contributed by atoms with Gasteiger partial charge in [-0.05, 0) is 18.2 Å². The second kappa shape index (κ2) is 7.52. The smallest absolute Gasteiger partial charge is 0.325 e. The molecule has 1 unspecified atom stereocenters. The minimum atomic E-state index is -1.18. The highest BCUT2D eigenvalue weighted by Crippen LogP contribution is 2.30. The Hall–Kier alpha value is -2.45. The number of urea groups is 1. The summed E-state index contributed by atoms with van der Waals surface area (Å²) in [6.45, 7) is 4.34. The van der Waals surface area contributed by atoms with Crippen molar-refractivity contribution in [1.29, 1.82) is 0 Å². The zero-order valence-corrected chi connectivity index (χ0v) is 16.1. The Kier molecular flexibility index (Phi) is 5.07. The minimum Gasteiger partial charge on any atom is -0.369 e. The molecule has 2 fully saturated rings. The van der Waals surface area contributed by atoms with Crippen LogP contribution in [0.2, 0.25) is 0 Å². The fourth-order valence-corrected chi connectivity index (χ4v) is 4.26. The first-order valence-electron chi connectivity index (χ1n) is 9.36. The van der Waals surface area contributed by atoms with E-state index >= 15 is 0 Å². The van der Waals surface area contributed by atoms with Gasteiger partial charge in [0.1, 0.15) is 0 Å². The Morgan fingerprint density at radius 2 is 1.68 bits per heavy atom. The molecule has 0 radical (unpaired) electrons. The van der Waals surface area contributed by atoms with Crippen molar-refractivity contribution < 1.29 is 19.2 Å². The third kappa shape index (κ3) is 3.27. The number of hydrogen-bond donors (Lipinski definition) is 1. The lowest BCUT2D eigenvalue weighted by molar-refractivity contribution is -0.121. The Morgan fingerprint density at radius 3 is 2.36 bits per heavy atom. The largest absolute Gasteiger partial charge is 0.369 e. The van der Waals surface area contributed by atoms with E-state index in [1.165, 1.54) is 0 Å². The first-order valence-corrected chi connectivity index (χ1v) is 9.89. The van der Waals surface area contributed by atoms with E-state index < -0.39 is 18.0 Å². The van der Waals surface area contributed by atoms with Gasteiger partial charge in [-0.15, -0.1) is 11.6 Å². The molecule has 2 saturated heterocycles. The molecular weight excluding hydrogens is 384 g/mol. The topological polar surface area (TPSA) is 90.0 Å². The van der Waals surface area contributed by atoms with Crippen molar-refractivity contribution in [2.24, 2.45) is 0 Å². The number of halogens is 1. The van der Waals surface area contributed by atoms with Gasteiger partial charge in [0, 0.05) is 68.4 Å². The van der Waals surface area contributed by atoms with Crippen LogP contribution in [-0.4, -0.2) is 84.5 Å². The predicted molar refractivity (Wildman–Crippen MR) is 103 cm³/mol. The second-order valence-electron chi connectivity index (χ2n) is 7.18. The summed E-state index contributed by atoms with van der Waals surface area (Å²) in [6.07, 6.45) is 0.0803. The number of carbonyl (C=O) groups is 4. The van der Waals surface area contributed by atoms with E-state index in [-0.39, 0.29) is 24.5 Å². The van der Waals surface area contributed by atoms with Crippen molar-refractivity contribution in [2.45, 2.75) is 12.5 Å². The molecule has 28 heavy (non-hydrogen) atoms. The van der Waals surface area contributed by atoms with E-state index in [9.17, 15) is 19.2 Å². The van der Waals surface area contributed by atoms with E-state index in [4.69, 9.17) is 11.6 Å². The highest BCUT2D eigenvalue weighted by atomic mass is 35.5. The maximum atomic E-state index is 12.9. The quantitative estimate of drug-likeness (QED) is 0.588. The normalized spacial score (nSPS) is 23.2. The molecule has 1 aliphatic carbocycles. The van der Waals surface area contributed by atoms with Crippen molar-refractivity contribution in [3.8, 4) is 0 Å². The fourth-order valence-electron chi connectivity index (χ4n) is 4.02. The Morgan fingerprint density at radius 1 is 0.964 bits per heavy atom. The van der Waals surface area contributed by atoms with Crippen LogP contribution >= 0.6 is 11.6 Å². The van der Waals surface area contributed by atoms with Crippen LogP contribution < -0.4 is 10.2 Å². The molecule has 2 heterocycles. The summed E-state index contributed by atoms with van der Waals surface area (Å²) in [5.41, 5.74) is 1.58. The molecule has 148 valence electrons. The summed E-state index contributed by atoms with van der Waals surface area (Å²) < 4.78 is 0. The van der Waals surface area contributed by atoms with Crippen LogP contribution in [0.1, 0.15) is 27.1 Å². The van der Waals surface area contributed by atoms with Crippen molar-refractivity contribution >= 4 is 40.8 Å². The van der Waals surface area contributed by atoms with Crippen molar-refractivity contribution in [2.75, 3.05) is 50.0 Å². The van der Waals surface area contributed by atoms with Gasteiger partial charge < -0.3 is 9.80 Å². The fraction of sp³-hybridized carbons (Fsp3) is 0.474. The number of piperazine rings is 1. The highest BCUT2D eigenvalue weighted by molar-refractivity contribution is 6.30. The first kappa shape index (κ1) is 18.9. The van der Waals surface area contributed by atoms with Crippen LogP contribution in [0.5, 0.6) is 0 Å². The van der Waals surface area contributed by atoms with Gasteiger partial charge in [-0.1, -0.05) is 0 Å². The van der Waals surface area contributed by atoms with Crippen LogP contribution in [-0.2, 0) is 4.79 Å². The molecule has 0 aromatic heterocycles. The number of ketones is 2. The third-order valence-corrected chi connectivity index (χ3v) is 5.74.